The van der Waals surface area contributed by atoms with E-state index in [-0.39, 0.29) is 5.15 Å². The van der Waals surface area contributed by atoms with Crippen molar-refractivity contribution in [3.05, 3.63) is 29.5 Å². The molecule has 0 amide bonds. The van der Waals surface area contributed by atoms with Gasteiger partial charge in [0.1, 0.15) is 0 Å². The van der Waals surface area contributed by atoms with Gasteiger partial charge in [0.25, 0.3) is 0 Å². The Hall–Kier alpha value is -1.99. The number of nitrogens with one attached hydrogen (secondary N) is 2. The van der Waals surface area contributed by atoms with Crippen LogP contribution in [0.25, 0.3) is 10.9 Å². The van der Waals surface area contributed by atoms with Crippen LogP contribution in [0.4, 0.5) is 11.5 Å². The highest BCUT2D eigenvalue weighted by Gasteiger charge is 2.14. The summed E-state index contributed by atoms with van der Waals surface area (Å²) < 4.78 is 5.27. The Kier molecular flexibility index (Phi) is 3.85. The van der Waals surface area contributed by atoms with E-state index in [4.69, 9.17) is 16.3 Å². The first kappa shape index (κ1) is 14.0. The number of fused-ring (bicyclic) bond motifs is 1. The number of aromatic nitrogens is 4. The van der Waals surface area contributed by atoms with Gasteiger partial charge < -0.3 is 10.1 Å². The van der Waals surface area contributed by atoms with Crippen LogP contribution in [-0.2, 0) is 0 Å². The molecule has 2 heterocycles. The molecule has 2 N–H and O–H groups in total. The highest BCUT2D eigenvalue weighted by molar-refractivity contribution is 7.98. The smallest absolute Gasteiger partial charge is 0.199 e. The Balaban J connectivity index is 2.01. The highest BCUT2D eigenvalue weighted by atomic mass is 35.5. The van der Waals surface area contributed by atoms with Crippen molar-refractivity contribution >= 4 is 45.8 Å². The highest BCUT2D eigenvalue weighted by Crippen LogP contribution is 2.33. The summed E-state index contributed by atoms with van der Waals surface area (Å²) in [6.45, 7) is 0. The fourth-order valence-corrected chi connectivity index (χ4v) is 2.58. The normalized spacial score (nSPS) is 10.8. The van der Waals surface area contributed by atoms with Crippen molar-refractivity contribution in [3.63, 3.8) is 0 Å². The first-order valence-electron chi connectivity index (χ1n) is 6.07. The Morgan fingerprint density at radius 1 is 1.33 bits per heavy atom. The third-order valence-electron chi connectivity index (χ3n) is 2.89. The zero-order chi connectivity index (χ0) is 14.8. The number of anilines is 2. The fourth-order valence-electron chi connectivity index (χ4n) is 1.92. The first-order chi connectivity index (χ1) is 10.2. The van der Waals surface area contributed by atoms with Gasteiger partial charge in [-0.3, -0.25) is 5.10 Å². The number of hydrogen-bond donors (Lipinski definition) is 2. The maximum Gasteiger partial charge on any atom is 0.199 e. The molecule has 0 aliphatic carbocycles. The molecule has 0 unspecified atom stereocenters. The van der Waals surface area contributed by atoms with Crippen molar-refractivity contribution in [3.8, 4) is 5.75 Å². The molecule has 0 fully saturated rings. The van der Waals surface area contributed by atoms with Crippen LogP contribution in [0.2, 0.25) is 5.15 Å². The molecule has 3 rings (SSSR count). The molecule has 0 radical (unpaired) electrons. The van der Waals surface area contributed by atoms with Gasteiger partial charge in [0, 0.05) is 11.1 Å². The van der Waals surface area contributed by atoms with Gasteiger partial charge >= 0.3 is 0 Å². The van der Waals surface area contributed by atoms with Gasteiger partial charge in [-0.1, -0.05) is 23.4 Å². The summed E-state index contributed by atoms with van der Waals surface area (Å²) in [6.07, 6.45) is 3.65. The second kappa shape index (κ2) is 5.79. The van der Waals surface area contributed by atoms with Crippen LogP contribution in [0.3, 0.4) is 0 Å². The molecule has 2 aromatic heterocycles. The average molecular weight is 322 g/mol. The molecule has 0 bridgehead atoms. The summed E-state index contributed by atoms with van der Waals surface area (Å²) >= 11 is 7.53. The van der Waals surface area contributed by atoms with E-state index in [1.807, 2.05) is 24.5 Å². The zero-order valence-electron chi connectivity index (χ0n) is 11.3. The van der Waals surface area contributed by atoms with Gasteiger partial charge in [-0.25, -0.2) is 9.97 Å². The third-order valence-corrected chi connectivity index (χ3v) is 3.70. The van der Waals surface area contributed by atoms with E-state index in [1.165, 1.54) is 18.9 Å². The monoisotopic (exact) mass is 321 g/mol. The molecule has 0 atom stereocenters. The Morgan fingerprint density at radius 2 is 2.19 bits per heavy atom. The maximum atomic E-state index is 6.11. The van der Waals surface area contributed by atoms with Crippen LogP contribution in [0.1, 0.15) is 0 Å². The van der Waals surface area contributed by atoms with Gasteiger partial charge in [0.15, 0.2) is 21.9 Å². The molecule has 0 spiro atoms. The van der Waals surface area contributed by atoms with Gasteiger partial charge in [0.2, 0.25) is 0 Å². The van der Waals surface area contributed by atoms with Crippen LogP contribution < -0.4 is 10.1 Å². The Bertz CT molecular complexity index is 791. The lowest BCUT2D eigenvalue weighted by molar-refractivity contribution is 0.412. The van der Waals surface area contributed by atoms with Crippen molar-refractivity contribution in [1.29, 1.82) is 0 Å². The number of nitrogens with zero attached hydrogens (tertiary/aromatic N) is 3. The lowest BCUT2D eigenvalue weighted by atomic mass is 10.2. The summed E-state index contributed by atoms with van der Waals surface area (Å²) in [5, 5.41) is 12.0. The lowest BCUT2D eigenvalue weighted by Gasteiger charge is -2.12. The SMILES string of the molecule is COc1c(Cl)nc(SC)nc1Nc1ccc2[nH]ncc2c1. The zero-order valence-corrected chi connectivity index (χ0v) is 12.9. The number of halogens is 1. The van der Waals surface area contributed by atoms with Crippen molar-refractivity contribution in [2.24, 2.45) is 0 Å². The van der Waals surface area contributed by atoms with E-state index in [1.54, 1.807) is 6.20 Å². The van der Waals surface area contributed by atoms with Crippen molar-refractivity contribution < 1.29 is 4.74 Å². The van der Waals surface area contributed by atoms with E-state index >= 15 is 0 Å². The topological polar surface area (TPSA) is 75.7 Å². The molecule has 1 aromatic carbocycles. The molecule has 0 aliphatic rings. The molecule has 21 heavy (non-hydrogen) atoms. The van der Waals surface area contributed by atoms with Crippen LogP contribution >= 0.6 is 23.4 Å². The summed E-state index contributed by atoms with van der Waals surface area (Å²) in [4.78, 5) is 8.54. The number of hydrogen-bond acceptors (Lipinski definition) is 6. The van der Waals surface area contributed by atoms with Gasteiger partial charge in [0.05, 0.1) is 18.8 Å². The van der Waals surface area contributed by atoms with Crippen molar-refractivity contribution in [2.45, 2.75) is 5.16 Å². The summed E-state index contributed by atoms with van der Waals surface area (Å²) in [6, 6.07) is 5.83. The van der Waals surface area contributed by atoms with E-state index in [9.17, 15) is 0 Å². The molecule has 0 saturated heterocycles. The van der Waals surface area contributed by atoms with Gasteiger partial charge in [-0.05, 0) is 24.5 Å². The average Bonchev–Trinajstić information content (AvgIpc) is 2.94. The number of benzene rings is 1. The number of H-pyrrole nitrogens is 1. The number of aromatic amines is 1. The first-order valence-corrected chi connectivity index (χ1v) is 7.67. The van der Waals surface area contributed by atoms with Gasteiger partial charge in [-0.2, -0.15) is 5.10 Å². The van der Waals surface area contributed by atoms with E-state index < -0.39 is 0 Å². The molecule has 6 nitrogen and oxygen atoms in total. The molecule has 108 valence electrons. The molecule has 0 saturated carbocycles. The Morgan fingerprint density at radius 3 is 2.95 bits per heavy atom. The summed E-state index contributed by atoms with van der Waals surface area (Å²) in [7, 11) is 1.54. The fraction of sp³-hybridized carbons (Fsp3) is 0.154. The quantitative estimate of drug-likeness (QED) is 0.435. The minimum atomic E-state index is 0.281. The number of methoxy groups -OCH3 is 1. The molecular weight excluding hydrogens is 310 g/mol. The summed E-state index contributed by atoms with van der Waals surface area (Å²) in [5.74, 6) is 0.950. The second-order valence-corrected chi connectivity index (χ2v) is 5.31. The Labute approximate surface area is 130 Å². The van der Waals surface area contributed by atoms with Crippen LogP contribution in [0, 0.1) is 0 Å². The van der Waals surface area contributed by atoms with E-state index in [0.29, 0.717) is 16.7 Å². The van der Waals surface area contributed by atoms with Crippen LogP contribution in [0.5, 0.6) is 5.75 Å². The van der Waals surface area contributed by atoms with Gasteiger partial charge in [-0.15, -0.1) is 0 Å². The largest absolute Gasteiger partial charge is 0.490 e. The van der Waals surface area contributed by atoms with Crippen LogP contribution in [-0.4, -0.2) is 33.5 Å². The number of ether oxygens (including phenoxy) is 1. The molecule has 8 heteroatoms. The third kappa shape index (κ3) is 2.74. The molecule has 3 aromatic rings. The summed E-state index contributed by atoms with van der Waals surface area (Å²) in [5.41, 5.74) is 1.84. The molecular formula is C13H12ClN5OS. The second-order valence-electron chi connectivity index (χ2n) is 4.18. The van der Waals surface area contributed by atoms with Crippen LogP contribution in [0.15, 0.2) is 29.6 Å². The predicted octanol–water partition coefficient (Wildman–Crippen LogP) is 3.48. The number of rotatable bonds is 4. The minimum absolute atomic E-state index is 0.281. The van der Waals surface area contributed by atoms with E-state index in [2.05, 4.69) is 25.5 Å². The molecule has 0 aliphatic heterocycles. The minimum Gasteiger partial charge on any atom is -0.490 e. The van der Waals surface area contributed by atoms with Crippen molar-refractivity contribution in [2.75, 3.05) is 18.7 Å². The van der Waals surface area contributed by atoms with E-state index in [0.717, 1.165) is 16.6 Å². The predicted molar refractivity (Wildman–Crippen MR) is 84.8 cm³/mol. The lowest BCUT2D eigenvalue weighted by Crippen LogP contribution is -2.01. The maximum absolute atomic E-state index is 6.11. The van der Waals surface area contributed by atoms with Crippen molar-refractivity contribution in [1.82, 2.24) is 20.2 Å². The number of thioether (sulfide) groups is 1. The standard InChI is InChI=1S/C13H12ClN5OS/c1-20-10-11(14)17-13(21-2)18-12(10)16-8-3-4-9-7(5-8)6-15-19-9/h3-6H,1-2H3,(H,15,19)(H,16,17,18).